The molecule has 0 aliphatic carbocycles. The van der Waals surface area contributed by atoms with Crippen molar-refractivity contribution in [1.29, 1.82) is 5.26 Å². The van der Waals surface area contributed by atoms with Gasteiger partial charge >= 0.3 is 0 Å². The molecule has 2 atom stereocenters. The number of aromatic nitrogens is 3. The molecule has 9 heteroatoms. The fraction of sp³-hybridized carbons (Fsp3) is 0.231. The average Bonchev–Trinajstić information content (AvgIpc) is 3.30. The number of nitriles is 1. The molecule has 0 amide bonds. The normalized spacial score (nSPS) is 17.5. The van der Waals surface area contributed by atoms with Crippen LogP contribution in [0.15, 0.2) is 53.5 Å². The summed E-state index contributed by atoms with van der Waals surface area (Å²) in [5.41, 5.74) is 2.65. The number of methoxy groups -OCH3 is 1. The summed E-state index contributed by atoms with van der Waals surface area (Å²) >= 11 is 0. The second-order valence-electron chi connectivity index (χ2n) is 8.50. The Hall–Kier alpha value is -4.13. The van der Waals surface area contributed by atoms with Crippen LogP contribution in [0, 0.1) is 24.1 Å². The summed E-state index contributed by atoms with van der Waals surface area (Å²) in [6, 6.07) is 12.8. The van der Waals surface area contributed by atoms with Gasteiger partial charge in [0.2, 0.25) is 0 Å². The van der Waals surface area contributed by atoms with E-state index in [1.54, 1.807) is 18.3 Å². The van der Waals surface area contributed by atoms with Crippen molar-refractivity contribution >= 4 is 10.9 Å². The number of rotatable bonds is 4. The predicted octanol–water partition coefficient (Wildman–Crippen LogP) is 3.17. The zero-order chi connectivity index (χ0) is 24.7. The Bertz CT molecular complexity index is 1540. The van der Waals surface area contributed by atoms with Crippen LogP contribution in [0.2, 0.25) is 0 Å². The molecule has 2 aromatic carbocycles. The summed E-state index contributed by atoms with van der Waals surface area (Å²) in [4.78, 5) is 23.1. The number of hydrogen-bond donors (Lipinski definition) is 2. The first-order chi connectivity index (χ1) is 16.9. The summed E-state index contributed by atoms with van der Waals surface area (Å²) in [5, 5.41) is 23.2. The number of aliphatic hydroxyl groups excluding tert-OH is 1. The molecule has 0 saturated carbocycles. The molecule has 0 unspecified atom stereocenters. The van der Waals surface area contributed by atoms with E-state index in [2.05, 4.69) is 16.4 Å². The number of aliphatic hydroxyl groups is 1. The lowest BCUT2D eigenvalue weighted by molar-refractivity contribution is 0.193. The maximum Gasteiger partial charge on any atom is 0.266 e. The van der Waals surface area contributed by atoms with E-state index in [1.165, 1.54) is 29.9 Å². The van der Waals surface area contributed by atoms with E-state index in [0.717, 1.165) is 5.69 Å². The van der Waals surface area contributed by atoms with Crippen LogP contribution in [0.3, 0.4) is 0 Å². The number of ether oxygens (including phenoxy) is 1. The van der Waals surface area contributed by atoms with Crippen LogP contribution < -0.4 is 15.6 Å². The molecule has 8 nitrogen and oxygen atoms in total. The molecule has 5 rings (SSSR count). The van der Waals surface area contributed by atoms with Gasteiger partial charge in [0.1, 0.15) is 5.82 Å². The number of fused-ring (bicyclic) bond motifs is 1. The minimum Gasteiger partial charge on any atom is -0.494 e. The highest BCUT2D eigenvalue weighted by molar-refractivity contribution is 5.94. The molecule has 0 spiro atoms. The van der Waals surface area contributed by atoms with Crippen molar-refractivity contribution in [3.63, 3.8) is 0 Å². The minimum absolute atomic E-state index is 0.0486. The maximum atomic E-state index is 14.6. The average molecular weight is 471 g/mol. The molecule has 1 saturated heterocycles. The molecule has 1 aliphatic heterocycles. The number of benzene rings is 2. The second kappa shape index (κ2) is 8.91. The highest BCUT2D eigenvalue weighted by Crippen LogP contribution is 2.31. The molecule has 2 aromatic heterocycles. The van der Waals surface area contributed by atoms with Gasteiger partial charge < -0.3 is 15.2 Å². The molecule has 176 valence electrons. The van der Waals surface area contributed by atoms with Crippen molar-refractivity contribution in [3.05, 3.63) is 81.9 Å². The van der Waals surface area contributed by atoms with Crippen molar-refractivity contribution in [2.24, 2.45) is 0 Å². The van der Waals surface area contributed by atoms with Crippen molar-refractivity contribution in [2.75, 3.05) is 13.7 Å². The third-order valence-electron chi connectivity index (χ3n) is 6.16. The number of halogens is 1. The number of hydrogen-bond acceptors (Lipinski definition) is 7. The van der Waals surface area contributed by atoms with Crippen LogP contribution in [0.4, 0.5) is 4.39 Å². The van der Waals surface area contributed by atoms with Gasteiger partial charge in [0.25, 0.3) is 5.56 Å². The third kappa shape index (κ3) is 4.03. The van der Waals surface area contributed by atoms with E-state index in [0.29, 0.717) is 41.0 Å². The molecule has 0 bridgehead atoms. The molecular formula is C26H22FN5O3. The van der Waals surface area contributed by atoms with Gasteiger partial charge in [0, 0.05) is 35.6 Å². The molecular weight excluding hydrogens is 449 g/mol. The topological polar surface area (TPSA) is 113 Å². The minimum atomic E-state index is -0.625. The molecule has 3 heterocycles. The van der Waals surface area contributed by atoms with Crippen molar-refractivity contribution < 1.29 is 14.2 Å². The number of nitrogens with zero attached hydrogens (tertiary/aromatic N) is 4. The lowest BCUT2D eigenvalue weighted by Crippen LogP contribution is -2.29. The van der Waals surface area contributed by atoms with Crippen molar-refractivity contribution in [1.82, 2.24) is 19.9 Å². The Labute approximate surface area is 200 Å². The SMILES string of the molecule is COc1ccc(-n2c([C@@H]3C[C@@H](O)CN3)nc3c(-c4ccc(C)nc4)cc(C#N)cc3c2=O)cc1F. The van der Waals surface area contributed by atoms with Crippen molar-refractivity contribution in [2.45, 2.75) is 25.5 Å². The van der Waals surface area contributed by atoms with Crippen LogP contribution in [-0.4, -0.2) is 39.4 Å². The smallest absolute Gasteiger partial charge is 0.266 e. The highest BCUT2D eigenvalue weighted by Gasteiger charge is 2.29. The zero-order valence-electron chi connectivity index (χ0n) is 19.1. The molecule has 0 radical (unpaired) electrons. The lowest BCUT2D eigenvalue weighted by atomic mass is 10.00. The fourth-order valence-corrected chi connectivity index (χ4v) is 4.41. The molecule has 2 N–H and O–H groups in total. The molecule has 1 fully saturated rings. The number of β-amino-alcohol motifs (C(OH)–C–C–N with tert-alkyl or cyclic N) is 1. The van der Waals surface area contributed by atoms with Crippen LogP contribution in [0.5, 0.6) is 5.75 Å². The Morgan fingerprint density at radius 3 is 2.71 bits per heavy atom. The zero-order valence-corrected chi connectivity index (χ0v) is 19.1. The van der Waals surface area contributed by atoms with Gasteiger partial charge in [-0.25, -0.2) is 9.37 Å². The highest BCUT2D eigenvalue weighted by atomic mass is 19.1. The summed E-state index contributed by atoms with van der Waals surface area (Å²) in [7, 11) is 1.36. The van der Waals surface area contributed by atoms with Gasteiger partial charge in [-0.05, 0) is 43.7 Å². The van der Waals surface area contributed by atoms with Gasteiger partial charge in [0.15, 0.2) is 11.6 Å². The van der Waals surface area contributed by atoms with Crippen LogP contribution in [0.25, 0.3) is 27.7 Å². The molecule has 35 heavy (non-hydrogen) atoms. The van der Waals surface area contributed by atoms with E-state index in [1.807, 2.05) is 19.1 Å². The largest absolute Gasteiger partial charge is 0.494 e. The van der Waals surface area contributed by atoms with E-state index in [9.17, 15) is 19.6 Å². The second-order valence-corrected chi connectivity index (χ2v) is 8.50. The Balaban J connectivity index is 1.85. The van der Waals surface area contributed by atoms with E-state index in [4.69, 9.17) is 9.72 Å². The predicted molar refractivity (Wildman–Crippen MR) is 128 cm³/mol. The van der Waals surface area contributed by atoms with Gasteiger partial charge in [-0.3, -0.25) is 14.3 Å². The van der Waals surface area contributed by atoms with Gasteiger partial charge in [-0.1, -0.05) is 6.07 Å². The van der Waals surface area contributed by atoms with Crippen molar-refractivity contribution in [3.8, 4) is 28.6 Å². The Morgan fingerprint density at radius 2 is 2.09 bits per heavy atom. The van der Waals surface area contributed by atoms with E-state index < -0.39 is 23.5 Å². The first-order valence-corrected chi connectivity index (χ1v) is 11.1. The first kappa shape index (κ1) is 22.7. The number of nitrogens with one attached hydrogen (secondary N) is 1. The van der Waals surface area contributed by atoms with Gasteiger partial charge in [0.05, 0.1) is 47.5 Å². The molecule has 4 aromatic rings. The Morgan fingerprint density at radius 1 is 1.26 bits per heavy atom. The molecule has 1 aliphatic rings. The first-order valence-electron chi connectivity index (χ1n) is 11.1. The van der Waals surface area contributed by atoms with E-state index >= 15 is 0 Å². The summed E-state index contributed by atoms with van der Waals surface area (Å²) in [6.45, 7) is 2.21. The summed E-state index contributed by atoms with van der Waals surface area (Å²) < 4.78 is 21.0. The number of aryl methyl sites for hydroxylation is 1. The van der Waals surface area contributed by atoms with Gasteiger partial charge in [-0.2, -0.15) is 5.26 Å². The maximum absolute atomic E-state index is 14.6. The monoisotopic (exact) mass is 471 g/mol. The lowest BCUT2D eigenvalue weighted by Gasteiger charge is -2.20. The van der Waals surface area contributed by atoms with Crippen LogP contribution in [0.1, 0.15) is 29.5 Å². The summed E-state index contributed by atoms with van der Waals surface area (Å²) in [6.07, 6.45) is 1.42. The van der Waals surface area contributed by atoms with Crippen LogP contribution >= 0.6 is 0 Å². The number of pyridine rings is 1. The Kier molecular flexibility index (Phi) is 5.76. The standard InChI is InChI=1S/C26H22FN5O3/c1-14-3-4-16(12-29-14)19-7-15(11-28)8-20-24(19)31-25(22-10-18(33)13-30-22)32(26(20)34)17-5-6-23(35-2)21(27)9-17/h3-9,12,18,22,30,33H,10,13H2,1-2H3/t18-,22+/m1/s1. The third-order valence-corrected chi connectivity index (χ3v) is 6.16. The van der Waals surface area contributed by atoms with Crippen LogP contribution in [-0.2, 0) is 0 Å². The summed E-state index contributed by atoms with van der Waals surface area (Å²) in [5.74, 6) is -0.235. The quantitative estimate of drug-likeness (QED) is 0.470. The fourth-order valence-electron chi connectivity index (χ4n) is 4.41. The van der Waals surface area contributed by atoms with Gasteiger partial charge in [-0.15, -0.1) is 0 Å². The van der Waals surface area contributed by atoms with E-state index in [-0.39, 0.29) is 16.8 Å².